The summed E-state index contributed by atoms with van der Waals surface area (Å²) < 4.78 is 0. The van der Waals surface area contributed by atoms with Crippen LogP contribution in [0.25, 0.3) is 0 Å². The maximum Gasteiger partial charge on any atom is 0.240 e. The highest BCUT2D eigenvalue weighted by Gasteiger charge is 2.46. The number of carbonyl (C=O) groups excluding carboxylic acids is 1. The lowest BCUT2D eigenvalue weighted by atomic mass is 9.69. The average molecular weight is 192 g/mol. The number of hydrogen-bond acceptors (Lipinski definition) is 2. The number of amides is 1. The lowest BCUT2D eigenvalue weighted by Crippen LogP contribution is -2.46. The molecule has 2 saturated carbocycles. The Hall–Kier alpha value is -1.04. The third-order valence-corrected chi connectivity index (χ3v) is 3.64. The first-order chi connectivity index (χ1) is 6.60. The monoisotopic (exact) mass is 192 g/mol. The number of carbonyl (C=O) groups is 1. The Bertz CT molecular complexity index is 295. The summed E-state index contributed by atoms with van der Waals surface area (Å²) in [6.45, 7) is 2.92. The Morgan fingerprint density at radius 1 is 1.43 bits per heavy atom. The quantitative estimate of drug-likeness (QED) is 0.738. The maximum absolute atomic E-state index is 11.7. The molecule has 2 rings (SSSR count). The summed E-state index contributed by atoms with van der Waals surface area (Å²) in [4.78, 5) is 11.7. The van der Waals surface area contributed by atoms with Gasteiger partial charge in [0.15, 0.2) is 0 Å². The summed E-state index contributed by atoms with van der Waals surface area (Å²) in [5.41, 5.74) is -0.346. The molecule has 0 saturated heterocycles. The highest BCUT2D eigenvalue weighted by Crippen LogP contribution is 2.45. The minimum atomic E-state index is -0.675. The van der Waals surface area contributed by atoms with E-state index in [0.29, 0.717) is 5.41 Å². The standard InChI is InChI=1S/C11H16N2O/c1-10(5-6-10)8-13-9(14)11(7-12)3-2-4-11/h2-6,8H2,1H3,(H,13,14). The molecule has 76 valence electrons. The summed E-state index contributed by atoms with van der Waals surface area (Å²) in [5, 5.41) is 11.9. The van der Waals surface area contributed by atoms with E-state index in [4.69, 9.17) is 5.26 Å². The van der Waals surface area contributed by atoms with Crippen molar-refractivity contribution in [3.05, 3.63) is 0 Å². The molecule has 0 heterocycles. The van der Waals surface area contributed by atoms with E-state index in [2.05, 4.69) is 18.3 Å². The van der Waals surface area contributed by atoms with Crippen LogP contribution in [-0.4, -0.2) is 12.5 Å². The Morgan fingerprint density at radius 3 is 2.43 bits per heavy atom. The predicted molar refractivity (Wildman–Crippen MR) is 52.2 cm³/mol. The summed E-state index contributed by atoms with van der Waals surface area (Å²) in [7, 11) is 0. The molecule has 0 aromatic carbocycles. The molecular weight excluding hydrogens is 176 g/mol. The van der Waals surface area contributed by atoms with Crippen LogP contribution < -0.4 is 5.32 Å². The summed E-state index contributed by atoms with van der Waals surface area (Å²) in [6, 6.07) is 2.16. The maximum atomic E-state index is 11.7. The fraction of sp³-hybridized carbons (Fsp3) is 0.818. The van der Waals surface area contributed by atoms with Crippen molar-refractivity contribution >= 4 is 5.91 Å². The number of nitriles is 1. The van der Waals surface area contributed by atoms with Crippen LogP contribution in [0.3, 0.4) is 0 Å². The highest BCUT2D eigenvalue weighted by atomic mass is 16.2. The highest BCUT2D eigenvalue weighted by molar-refractivity contribution is 5.86. The first kappa shape index (κ1) is 9.51. The van der Waals surface area contributed by atoms with E-state index in [1.165, 1.54) is 12.8 Å². The van der Waals surface area contributed by atoms with Gasteiger partial charge >= 0.3 is 0 Å². The second kappa shape index (κ2) is 2.98. The lowest BCUT2D eigenvalue weighted by molar-refractivity contribution is -0.132. The first-order valence-electron chi connectivity index (χ1n) is 5.30. The Morgan fingerprint density at radius 2 is 2.07 bits per heavy atom. The zero-order valence-electron chi connectivity index (χ0n) is 8.60. The van der Waals surface area contributed by atoms with E-state index in [0.717, 1.165) is 25.8 Å². The van der Waals surface area contributed by atoms with Crippen molar-refractivity contribution in [2.45, 2.75) is 39.0 Å². The molecule has 2 aliphatic carbocycles. The topological polar surface area (TPSA) is 52.9 Å². The van der Waals surface area contributed by atoms with Crippen molar-refractivity contribution in [2.75, 3.05) is 6.54 Å². The van der Waals surface area contributed by atoms with Gasteiger partial charge in [0.1, 0.15) is 5.41 Å². The van der Waals surface area contributed by atoms with Gasteiger partial charge in [-0.3, -0.25) is 4.79 Å². The second-order valence-corrected chi connectivity index (χ2v) is 5.04. The van der Waals surface area contributed by atoms with E-state index < -0.39 is 5.41 Å². The predicted octanol–water partition coefficient (Wildman–Crippen LogP) is 1.60. The van der Waals surface area contributed by atoms with Gasteiger partial charge < -0.3 is 5.32 Å². The zero-order chi connectivity index (χ0) is 10.2. The minimum Gasteiger partial charge on any atom is -0.354 e. The molecule has 0 spiro atoms. The molecular formula is C11H16N2O. The summed E-state index contributed by atoms with van der Waals surface area (Å²) in [6.07, 6.45) is 4.90. The van der Waals surface area contributed by atoms with Crippen molar-refractivity contribution in [1.82, 2.24) is 5.32 Å². The van der Waals surface area contributed by atoms with Crippen LogP contribution in [0.5, 0.6) is 0 Å². The smallest absolute Gasteiger partial charge is 0.240 e. The van der Waals surface area contributed by atoms with Gasteiger partial charge in [-0.1, -0.05) is 6.92 Å². The van der Waals surface area contributed by atoms with Crippen molar-refractivity contribution in [3.63, 3.8) is 0 Å². The average Bonchev–Trinajstić information content (AvgIpc) is 2.80. The number of hydrogen-bond donors (Lipinski definition) is 1. The van der Waals surface area contributed by atoms with Crippen LogP contribution in [-0.2, 0) is 4.79 Å². The molecule has 3 heteroatoms. The fourth-order valence-corrected chi connectivity index (χ4v) is 1.77. The molecule has 0 radical (unpaired) electrons. The van der Waals surface area contributed by atoms with Gasteiger partial charge in [-0.15, -0.1) is 0 Å². The minimum absolute atomic E-state index is 0.0422. The van der Waals surface area contributed by atoms with Gasteiger partial charge in [0.25, 0.3) is 0 Å². The molecule has 1 N–H and O–H groups in total. The Kier molecular flexibility index (Phi) is 2.02. The molecule has 2 aliphatic rings. The molecule has 0 unspecified atom stereocenters. The molecule has 0 atom stereocenters. The molecule has 14 heavy (non-hydrogen) atoms. The zero-order valence-corrected chi connectivity index (χ0v) is 8.60. The summed E-state index contributed by atoms with van der Waals surface area (Å²) >= 11 is 0. The number of rotatable bonds is 3. The molecule has 3 nitrogen and oxygen atoms in total. The van der Waals surface area contributed by atoms with Crippen LogP contribution in [0.1, 0.15) is 39.0 Å². The van der Waals surface area contributed by atoms with Gasteiger partial charge in [0, 0.05) is 6.54 Å². The second-order valence-electron chi connectivity index (χ2n) is 5.04. The molecule has 0 aromatic rings. The van der Waals surface area contributed by atoms with E-state index in [1.807, 2.05) is 0 Å². The molecule has 1 amide bonds. The van der Waals surface area contributed by atoms with Crippen LogP contribution in [0.4, 0.5) is 0 Å². The number of nitrogens with zero attached hydrogens (tertiary/aromatic N) is 1. The van der Waals surface area contributed by atoms with Crippen molar-refractivity contribution in [1.29, 1.82) is 5.26 Å². The van der Waals surface area contributed by atoms with Crippen LogP contribution in [0.15, 0.2) is 0 Å². The Balaban J connectivity index is 1.86. The van der Waals surface area contributed by atoms with Gasteiger partial charge in [0.05, 0.1) is 6.07 Å². The van der Waals surface area contributed by atoms with Crippen LogP contribution in [0.2, 0.25) is 0 Å². The third-order valence-electron chi connectivity index (χ3n) is 3.64. The lowest BCUT2D eigenvalue weighted by Gasteiger charge is -2.33. The Labute approximate surface area is 84.5 Å². The molecule has 0 bridgehead atoms. The SMILES string of the molecule is CC1(CNC(=O)C2(C#N)CCC2)CC1. The first-order valence-corrected chi connectivity index (χ1v) is 5.30. The summed E-state index contributed by atoms with van der Waals surface area (Å²) in [5.74, 6) is -0.0422. The largest absolute Gasteiger partial charge is 0.354 e. The molecule has 0 aromatic heterocycles. The van der Waals surface area contributed by atoms with E-state index in [9.17, 15) is 4.79 Å². The van der Waals surface area contributed by atoms with Gasteiger partial charge in [-0.05, 0) is 37.5 Å². The van der Waals surface area contributed by atoms with E-state index in [-0.39, 0.29) is 5.91 Å². The third kappa shape index (κ3) is 1.50. The van der Waals surface area contributed by atoms with Crippen molar-refractivity contribution in [2.24, 2.45) is 10.8 Å². The van der Waals surface area contributed by atoms with Crippen LogP contribution in [0, 0.1) is 22.2 Å². The molecule has 2 fully saturated rings. The van der Waals surface area contributed by atoms with Gasteiger partial charge in [-0.2, -0.15) is 5.26 Å². The van der Waals surface area contributed by atoms with E-state index in [1.54, 1.807) is 0 Å². The van der Waals surface area contributed by atoms with Crippen molar-refractivity contribution in [3.8, 4) is 6.07 Å². The number of nitrogens with one attached hydrogen (secondary N) is 1. The normalized spacial score (nSPS) is 25.7. The van der Waals surface area contributed by atoms with Gasteiger partial charge in [0.2, 0.25) is 5.91 Å². The fourth-order valence-electron chi connectivity index (χ4n) is 1.77. The van der Waals surface area contributed by atoms with Crippen molar-refractivity contribution < 1.29 is 4.79 Å². The van der Waals surface area contributed by atoms with Crippen LogP contribution >= 0.6 is 0 Å². The van der Waals surface area contributed by atoms with Gasteiger partial charge in [-0.25, -0.2) is 0 Å². The van der Waals surface area contributed by atoms with E-state index >= 15 is 0 Å². The molecule has 0 aliphatic heterocycles.